The van der Waals surface area contributed by atoms with Gasteiger partial charge in [-0.2, -0.15) is 0 Å². The third kappa shape index (κ3) is 15.9. The van der Waals surface area contributed by atoms with Gasteiger partial charge in [-0.3, -0.25) is 33.6 Å². The quantitative estimate of drug-likeness (QED) is 0.0641. The number of phenolic OH excluding ortho intramolecular Hbond substituents is 6. The molecule has 8 aromatic carbocycles. The lowest BCUT2D eigenvalue weighted by Crippen LogP contribution is -2.56. The summed E-state index contributed by atoms with van der Waals surface area (Å²) in [7, 11) is 1.23. The van der Waals surface area contributed by atoms with E-state index in [2.05, 4.69) is 54.8 Å². The average Bonchev–Trinajstić information content (AvgIpc) is 0.746. The topological polar surface area (TPSA) is 423 Å². The van der Waals surface area contributed by atoms with Gasteiger partial charge in [0.05, 0.1) is 15.6 Å². The Morgan fingerprint density at radius 3 is 1.82 bits per heavy atom. The van der Waals surface area contributed by atoms with Gasteiger partial charge in [0.2, 0.25) is 47.1 Å². The maximum absolute atomic E-state index is 16.2. The van der Waals surface area contributed by atoms with Crippen LogP contribution in [0.25, 0.3) is 11.1 Å². The number of alkyl carbamates (subject to hydrolysis) is 1. The molecule has 6 aliphatic heterocycles. The molecule has 6 aliphatic rings. The number of unbranched alkanes of at least 4 members (excludes halogenated alkanes) is 1. The van der Waals surface area contributed by atoms with Crippen molar-refractivity contribution >= 4 is 70.6 Å². The highest BCUT2D eigenvalue weighted by atomic mass is 35.5. The van der Waals surface area contributed by atoms with E-state index >= 15 is 24.0 Å². The summed E-state index contributed by atoms with van der Waals surface area (Å²) in [5.74, 6) is -14.2. The summed E-state index contributed by atoms with van der Waals surface area (Å²) in [6, 6.07) is 15.4. The Hall–Kier alpha value is -12.0. The monoisotopic (exact) mass is 1490 g/mol. The number of ether oxygens (including phenoxy) is 4. The number of aliphatic hydroxyl groups excluding tert-OH is 1. The van der Waals surface area contributed by atoms with Gasteiger partial charge in [0, 0.05) is 43.8 Å². The number of aliphatic hydroxyl groups is 1. The first kappa shape index (κ1) is 73.8. The normalized spacial score (nSPS) is 20.0. The number of phenols is 6. The number of halogens is 2. The van der Waals surface area contributed by atoms with E-state index < -0.39 is 154 Å². The lowest BCUT2D eigenvalue weighted by Gasteiger charge is -2.32. The first-order valence-corrected chi connectivity index (χ1v) is 34.3. The zero-order valence-electron chi connectivity index (χ0n) is 57.3. The van der Waals surface area contributed by atoms with E-state index in [0.717, 1.165) is 85.0 Å². The van der Waals surface area contributed by atoms with Crippen LogP contribution in [0.3, 0.4) is 0 Å². The van der Waals surface area contributed by atoms with Crippen molar-refractivity contribution in [2.24, 2.45) is 0 Å². The van der Waals surface area contributed by atoms with Gasteiger partial charge >= 0.3 is 6.09 Å². The van der Waals surface area contributed by atoms with Crippen molar-refractivity contribution in [3.05, 3.63) is 199 Å². The Labute approximate surface area is 615 Å². The van der Waals surface area contributed by atoms with E-state index in [-0.39, 0.29) is 102 Å². The fourth-order valence-corrected chi connectivity index (χ4v) is 13.2. The fourth-order valence-electron chi connectivity index (χ4n) is 12.7. The summed E-state index contributed by atoms with van der Waals surface area (Å²) >= 11 is 14.0. The van der Waals surface area contributed by atoms with Gasteiger partial charge in [0.1, 0.15) is 94.2 Å². The van der Waals surface area contributed by atoms with Crippen LogP contribution in [0.15, 0.2) is 133 Å². The largest absolute Gasteiger partial charge is 0.508 e. The molecule has 16 N–H and O–H groups in total. The van der Waals surface area contributed by atoms with Gasteiger partial charge in [-0.1, -0.05) is 85.1 Å². The molecule has 8 atom stereocenters. The molecule has 8 amide bonds. The number of likely N-dealkylation sites (N-methyl/N-ethyl adjacent to an activating group) is 1. The minimum absolute atomic E-state index is 0.00477. The summed E-state index contributed by atoms with van der Waals surface area (Å²) in [5, 5.41) is 107. The molecule has 8 aromatic rings. The number of benzene rings is 8. The lowest BCUT2D eigenvalue weighted by molar-refractivity contribution is -0.137. The average molecular weight is 1490 g/mol. The first-order chi connectivity index (χ1) is 50.5. The second-order valence-corrected chi connectivity index (χ2v) is 27.6. The summed E-state index contributed by atoms with van der Waals surface area (Å²) in [6.07, 6.45) is -0.734. The van der Waals surface area contributed by atoms with Crippen molar-refractivity contribution < 1.29 is 93.0 Å². The van der Waals surface area contributed by atoms with Crippen molar-refractivity contribution in [2.45, 2.75) is 120 Å². The smallest absolute Gasteiger partial charge is 0.408 e. The molecule has 0 aromatic heterocycles. The molecule has 0 aliphatic carbocycles. The van der Waals surface area contributed by atoms with E-state index in [1.165, 1.54) is 61.6 Å². The molecule has 0 spiro atoms. The number of hydrogen-bond acceptors (Lipinski definition) is 20. The Bertz CT molecular complexity index is 4880. The van der Waals surface area contributed by atoms with E-state index in [1.54, 1.807) is 20.8 Å². The first-order valence-electron chi connectivity index (χ1n) is 33.6. The standard InChI is InChI=1S/C76H73Cl2N9O19/c1-6-7-8-34-9-11-35(12-10-34)32-80-33-46-52(91)31-45-58(66(46)93)44-25-37(14-17-50(44)89)59-71(98)86-64(74(101)85-63(45)69(96)79-5)65(92)39-16-20-54(48(78)26-39)105-57-29-41-28-56(67(57)94)104-53-19-13-36(21-47(53)77)22-49-68(95)82-61(72(99)84-62(41)73(100)83-59)40-23-42(88)30-43(24-40)103-55-27-38(15-18-51(55)90)60(70(97)81-49)87-75(102)106-76(2,3)4/h9-21,23-31,49,59-65,80,88-94H,6-8,22,32-33H2,1-5H3,(H,79,96)(H,81,97)(H,82,95)(H,83,100)(H,84,99)(H,85,101)(H,86,98)(H,87,102)/t49-,59-,60-,61+,62-,63+,64+,65-/m1/s1. The van der Waals surface area contributed by atoms with Gasteiger partial charge in [-0.05, 0) is 163 Å². The lowest BCUT2D eigenvalue weighted by atomic mass is 9.87. The molecule has 28 nitrogen and oxygen atoms in total. The van der Waals surface area contributed by atoms with Crippen LogP contribution in [-0.2, 0) is 64.2 Å². The molecule has 0 saturated carbocycles. The van der Waals surface area contributed by atoms with Crippen molar-refractivity contribution in [3.8, 4) is 80.1 Å². The maximum Gasteiger partial charge on any atom is 0.408 e. The predicted molar refractivity (Wildman–Crippen MR) is 382 cm³/mol. The van der Waals surface area contributed by atoms with Crippen LogP contribution in [0.4, 0.5) is 4.79 Å². The number of rotatable bonds is 9. The minimum Gasteiger partial charge on any atom is -0.508 e. The number of nitrogens with one attached hydrogen (secondary N) is 9. The van der Waals surface area contributed by atoms with Crippen LogP contribution in [0.2, 0.25) is 10.0 Å². The number of carbonyl (C=O) groups excluding carboxylic acids is 8. The molecule has 30 heteroatoms. The molecular formula is C76H73Cl2N9O19. The molecular weight excluding hydrogens is 1410 g/mol. The van der Waals surface area contributed by atoms with Crippen molar-refractivity contribution in [1.29, 1.82) is 0 Å². The van der Waals surface area contributed by atoms with Crippen molar-refractivity contribution in [3.63, 3.8) is 0 Å². The highest BCUT2D eigenvalue weighted by molar-refractivity contribution is 6.32. The molecule has 0 radical (unpaired) electrons. The molecule has 106 heavy (non-hydrogen) atoms. The maximum atomic E-state index is 16.2. The van der Waals surface area contributed by atoms with Gasteiger partial charge in [0.25, 0.3) is 0 Å². The van der Waals surface area contributed by atoms with Crippen molar-refractivity contribution in [2.75, 3.05) is 7.05 Å². The zero-order chi connectivity index (χ0) is 75.7. The summed E-state index contributed by atoms with van der Waals surface area (Å²) in [6.45, 7) is 6.83. The molecule has 0 unspecified atom stereocenters. The van der Waals surface area contributed by atoms with Gasteiger partial charge < -0.3 is 103 Å². The number of fused-ring (bicyclic) bond motifs is 14. The Morgan fingerprint density at radius 1 is 0.557 bits per heavy atom. The third-order valence-corrected chi connectivity index (χ3v) is 18.7. The van der Waals surface area contributed by atoms with Crippen LogP contribution in [0, 0.1) is 0 Å². The Balaban J connectivity index is 1.04. The molecule has 550 valence electrons. The van der Waals surface area contributed by atoms with Crippen molar-refractivity contribution in [1.82, 2.24) is 47.9 Å². The predicted octanol–water partition coefficient (Wildman–Crippen LogP) is 8.84. The fraction of sp³-hybridized carbons (Fsp3) is 0.263. The number of aromatic hydroxyl groups is 6. The molecule has 14 rings (SSSR count). The van der Waals surface area contributed by atoms with E-state index in [0.29, 0.717) is 0 Å². The number of aryl methyl sites for hydroxylation is 1. The molecule has 0 fully saturated rings. The van der Waals surface area contributed by atoms with Crippen LogP contribution in [0.5, 0.6) is 69.0 Å². The second-order valence-electron chi connectivity index (χ2n) is 26.8. The molecule has 17 bridgehead atoms. The van der Waals surface area contributed by atoms with Crippen LogP contribution in [0.1, 0.15) is 132 Å². The second kappa shape index (κ2) is 30.4. The number of carbonyl (C=O) groups is 8. The van der Waals surface area contributed by atoms with Gasteiger partial charge in [0.15, 0.2) is 23.0 Å². The van der Waals surface area contributed by atoms with E-state index in [9.17, 15) is 50.1 Å². The SMILES string of the molecule is CCCCc1ccc(CNCc2c(O)cc3c(c2O)-c2cc(ccc2O)[C@H]2NC(=O)[C@@H]4NC(=O)[C@H]5NC(=O)[C@@H](Cc6ccc(c(Cl)c6)Oc6cc4cc(c6O)Oc4ccc(cc4Cl)[C@@H](O)[C@H](NC2=O)C(=O)N[C@@H]3C(=O)NC)NC(=O)[C@H](NC(=O)OC(C)(C)C)c2ccc(O)c(c2)Oc2cc(O)cc5c2)cc1. The Kier molecular flexibility index (Phi) is 21.1. The van der Waals surface area contributed by atoms with Crippen LogP contribution in [-0.4, -0.2) is 108 Å². The van der Waals surface area contributed by atoms with Gasteiger partial charge in [-0.25, -0.2) is 4.79 Å². The molecule has 6 heterocycles. The minimum atomic E-state index is -2.22. The highest BCUT2D eigenvalue weighted by Crippen LogP contribution is 2.49. The highest BCUT2D eigenvalue weighted by Gasteiger charge is 2.42. The van der Waals surface area contributed by atoms with E-state index in [4.69, 9.17) is 42.1 Å². The summed E-state index contributed by atoms with van der Waals surface area (Å²) in [5.41, 5.74) is -1.07. The van der Waals surface area contributed by atoms with E-state index in [1.807, 2.05) is 24.3 Å². The third-order valence-electron chi connectivity index (χ3n) is 18.1. The number of amides is 8. The number of hydrogen-bond donors (Lipinski definition) is 16. The Morgan fingerprint density at radius 2 is 1.16 bits per heavy atom. The van der Waals surface area contributed by atoms with Crippen LogP contribution >= 0.6 is 23.2 Å². The van der Waals surface area contributed by atoms with Gasteiger partial charge in [-0.15, -0.1) is 0 Å². The summed E-state index contributed by atoms with van der Waals surface area (Å²) < 4.78 is 24.3. The summed E-state index contributed by atoms with van der Waals surface area (Å²) in [4.78, 5) is 121. The van der Waals surface area contributed by atoms with Crippen LogP contribution < -0.4 is 62.1 Å². The zero-order valence-corrected chi connectivity index (χ0v) is 58.9. The molecule has 0 saturated heterocycles.